The van der Waals surface area contributed by atoms with Crippen molar-refractivity contribution >= 4 is 5.52 Å². The first-order valence-corrected chi connectivity index (χ1v) is 6.73. The molecule has 0 radical (unpaired) electrons. The smallest absolute Gasteiger partial charge is 0.147 e. The van der Waals surface area contributed by atoms with E-state index in [0.29, 0.717) is 17.9 Å². The molecule has 0 saturated carbocycles. The van der Waals surface area contributed by atoms with Gasteiger partial charge in [0.2, 0.25) is 0 Å². The first-order chi connectivity index (χ1) is 9.81. The Balaban J connectivity index is 2.19. The number of aromatic nitrogens is 2. The first kappa shape index (κ1) is 12.8. The second-order valence-electron chi connectivity index (χ2n) is 4.60. The van der Waals surface area contributed by atoms with Crippen molar-refractivity contribution in [2.75, 3.05) is 6.54 Å². The molecule has 3 aromatic rings. The number of rotatable bonds is 4. The number of hydrogen-bond acceptors (Lipinski definition) is 2. The lowest BCUT2D eigenvalue weighted by molar-refractivity contribution is 0.629. The van der Waals surface area contributed by atoms with E-state index in [-0.39, 0.29) is 5.82 Å². The van der Waals surface area contributed by atoms with Crippen LogP contribution in [0.4, 0.5) is 4.39 Å². The number of halogens is 1. The van der Waals surface area contributed by atoms with Gasteiger partial charge in [0, 0.05) is 12.7 Å². The molecule has 0 aliphatic carbocycles. The largest absolute Gasteiger partial charge is 0.311 e. The first-order valence-electron chi connectivity index (χ1n) is 6.73. The number of nitrogens with zero attached hydrogens (tertiary/aromatic N) is 2. The van der Waals surface area contributed by atoms with Gasteiger partial charge >= 0.3 is 0 Å². The Morgan fingerprint density at radius 3 is 2.75 bits per heavy atom. The predicted molar refractivity (Wildman–Crippen MR) is 78.0 cm³/mol. The van der Waals surface area contributed by atoms with E-state index in [0.717, 1.165) is 17.8 Å². The number of hydrogen-bond donors (Lipinski definition) is 1. The number of fused-ring (bicyclic) bond motifs is 1. The van der Waals surface area contributed by atoms with E-state index in [4.69, 9.17) is 0 Å². The molecule has 0 amide bonds. The third kappa shape index (κ3) is 2.18. The predicted octanol–water partition coefficient (Wildman–Crippen LogP) is 3.25. The van der Waals surface area contributed by atoms with Crippen molar-refractivity contribution in [3.8, 4) is 11.4 Å². The molecule has 102 valence electrons. The standard InChI is InChI=1S/C16H16FN3/c1-2-18-11-14-15-9-5-6-10-20(15)16(19-14)12-7-3-4-8-13(12)17/h3-10,18H,2,11H2,1H3. The number of benzene rings is 1. The summed E-state index contributed by atoms with van der Waals surface area (Å²) >= 11 is 0. The molecule has 2 aromatic heterocycles. The van der Waals surface area contributed by atoms with Crippen LogP contribution in [0.2, 0.25) is 0 Å². The van der Waals surface area contributed by atoms with Crippen LogP contribution in [0.5, 0.6) is 0 Å². The molecule has 3 nitrogen and oxygen atoms in total. The van der Waals surface area contributed by atoms with Gasteiger partial charge in [-0.2, -0.15) is 0 Å². The second kappa shape index (κ2) is 5.43. The molecule has 3 rings (SSSR count). The van der Waals surface area contributed by atoms with Gasteiger partial charge in [0.25, 0.3) is 0 Å². The van der Waals surface area contributed by atoms with Gasteiger partial charge in [-0.15, -0.1) is 0 Å². The molecular formula is C16H16FN3. The van der Waals surface area contributed by atoms with Crippen molar-refractivity contribution in [2.45, 2.75) is 13.5 Å². The third-order valence-corrected chi connectivity index (χ3v) is 3.28. The van der Waals surface area contributed by atoms with E-state index in [2.05, 4.69) is 17.2 Å². The molecule has 20 heavy (non-hydrogen) atoms. The summed E-state index contributed by atoms with van der Waals surface area (Å²) in [6, 6.07) is 12.6. The maximum atomic E-state index is 14.0. The Labute approximate surface area is 117 Å². The highest BCUT2D eigenvalue weighted by atomic mass is 19.1. The van der Waals surface area contributed by atoms with Crippen LogP contribution in [0.25, 0.3) is 16.9 Å². The monoisotopic (exact) mass is 269 g/mol. The zero-order valence-corrected chi connectivity index (χ0v) is 11.3. The molecule has 0 fully saturated rings. The minimum absolute atomic E-state index is 0.252. The van der Waals surface area contributed by atoms with Crippen molar-refractivity contribution in [3.63, 3.8) is 0 Å². The molecule has 0 spiro atoms. The van der Waals surface area contributed by atoms with E-state index >= 15 is 0 Å². The van der Waals surface area contributed by atoms with Gasteiger partial charge in [0.05, 0.1) is 16.8 Å². The second-order valence-corrected chi connectivity index (χ2v) is 4.60. The summed E-state index contributed by atoms with van der Waals surface area (Å²) < 4.78 is 15.9. The SMILES string of the molecule is CCNCc1nc(-c2ccccc2F)n2ccccc12. The van der Waals surface area contributed by atoms with Crippen LogP contribution in [0, 0.1) is 5.82 Å². The third-order valence-electron chi connectivity index (χ3n) is 3.28. The van der Waals surface area contributed by atoms with Crippen molar-refractivity contribution in [2.24, 2.45) is 0 Å². The fourth-order valence-electron chi connectivity index (χ4n) is 2.31. The molecule has 1 N–H and O–H groups in total. The summed E-state index contributed by atoms with van der Waals surface area (Å²) in [5.41, 5.74) is 2.47. The fourth-order valence-corrected chi connectivity index (χ4v) is 2.31. The van der Waals surface area contributed by atoms with E-state index < -0.39 is 0 Å². The van der Waals surface area contributed by atoms with Crippen molar-refractivity contribution < 1.29 is 4.39 Å². The zero-order chi connectivity index (χ0) is 13.9. The Hall–Kier alpha value is -2.20. The molecule has 0 saturated heterocycles. The van der Waals surface area contributed by atoms with Crippen LogP contribution in [0.3, 0.4) is 0 Å². The Morgan fingerprint density at radius 1 is 1.15 bits per heavy atom. The van der Waals surface area contributed by atoms with Crippen LogP contribution >= 0.6 is 0 Å². The summed E-state index contributed by atoms with van der Waals surface area (Å²) in [5, 5.41) is 3.27. The summed E-state index contributed by atoms with van der Waals surface area (Å²) in [6.07, 6.45) is 1.92. The number of nitrogens with one attached hydrogen (secondary N) is 1. The molecule has 0 aliphatic heterocycles. The van der Waals surface area contributed by atoms with Crippen LogP contribution in [-0.4, -0.2) is 15.9 Å². The Morgan fingerprint density at radius 2 is 1.95 bits per heavy atom. The fraction of sp³-hybridized carbons (Fsp3) is 0.188. The van der Waals surface area contributed by atoms with Crippen molar-refractivity contribution in [1.82, 2.24) is 14.7 Å². The highest BCUT2D eigenvalue weighted by molar-refractivity contribution is 5.65. The lowest BCUT2D eigenvalue weighted by atomic mass is 10.2. The van der Waals surface area contributed by atoms with Crippen LogP contribution < -0.4 is 5.32 Å². The highest BCUT2D eigenvalue weighted by Gasteiger charge is 2.14. The minimum Gasteiger partial charge on any atom is -0.311 e. The van der Waals surface area contributed by atoms with Gasteiger partial charge in [-0.05, 0) is 30.8 Å². The number of pyridine rings is 1. The lowest BCUT2D eigenvalue weighted by Gasteiger charge is -2.01. The molecule has 1 aromatic carbocycles. The van der Waals surface area contributed by atoms with E-state index in [1.807, 2.05) is 34.9 Å². The topological polar surface area (TPSA) is 29.3 Å². The summed E-state index contributed by atoms with van der Waals surface area (Å²) in [5.74, 6) is 0.393. The van der Waals surface area contributed by atoms with E-state index in [9.17, 15) is 4.39 Å². The van der Waals surface area contributed by atoms with Crippen LogP contribution in [0.15, 0.2) is 48.7 Å². The van der Waals surface area contributed by atoms with E-state index in [1.54, 1.807) is 12.1 Å². The molecule has 2 heterocycles. The number of imidazole rings is 1. The average Bonchev–Trinajstić information content (AvgIpc) is 2.84. The van der Waals surface area contributed by atoms with Gasteiger partial charge in [-0.3, -0.25) is 4.40 Å². The summed E-state index contributed by atoms with van der Waals surface area (Å²) in [6.45, 7) is 3.61. The van der Waals surface area contributed by atoms with Gasteiger partial charge in [-0.25, -0.2) is 9.37 Å². The molecule has 0 bridgehead atoms. The zero-order valence-electron chi connectivity index (χ0n) is 11.3. The van der Waals surface area contributed by atoms with Crippen LogP contribution in [0.1, 0.15) is 12.6 Å². The van der Waals surface area contributed by atoms with Crippen molar-refractivity contribution in [1.29, 1.82) is 0 Å². The van der Waals surface area contributed by atoms with Crippen LogP contribution in [-0.2, 0) is 6.54 Å². The normalized spacial score (nSPS) is 11.1. The Bertz CT molecular complexity index is 733. The lowest BCUT2D eigenvalue weighted by Crippen LogP contribution is -2.12. The summed E-state index contributed by atoms with van der Waals surface area (Å²) in [4.78, 5) is 4.62. The quantitative estimate of drug-likeness (QED) is 0.787. The maximum absolute atomic E-state index is 14.0. The summed E-state index contributed by atoms with van der Waals surface area (Å²) in [7, 11) is 0. The minimum atomic E-state index is -0.252. The molecule has 0 unspecified atom stereocenters. The molecule has 0 aliphatic rings. The maximum Gasteiger partial charge on any atom is 0.147 e. The molecule has 4 heteroatoms. The average molecular weight is 269 g/mol. The highest BCUT2D eigenvalue weighted by Crippen LogP contribution is 2.24. The molecular weight excluding hydrogens is 253 g/mol. The van der Waals surface area contributed by atoms with Crippen molar-refractivity contribution in [3.05, 3.63) is 60.2 Å². The van der Waals surface area contributed by atoms with Gasteiger partial charge < -0.3 is 5.32 Å². The Kier molecular flexibility index (Phi) is 3.48. The van der Waals surface area contributed by atoms with Gasteiger partial charge in [0.1, 0.15) is 11.6 Å². The van der Waals surface area contributed by atoms with Gasteiger partial charge in [-0.1, -0.05) is 25.1 Å². The van der Waals surface area contributed by atoms with Gasteiger partial charge in [0.15, 0.2) is 0 Å². The van der Waals surface area contributed by atoms with E-state index in [1.165, 1.54) is 6.07 Å². The molecule has 0 atom stereocenters.